The Balaban J connectivity index is 2.05. The molecule has 0 radical (unpaired) electrons. The van der Waals surface area contributed by atoms with Gasteiger partial charge in [-0.3, -0.25) is 4.79 Å². The second-order valence-electron chi connectivity index (χ2n) is 3.54. The smallest absolute Gasteiger partial charge is 0.360 e. The fourth-order valence-corrected chi connectivity index (χ4v) is 1.95. The van der Waals surface area contributed by atoms with Gasteiger partial charge in [0.05, 0.1) is 6.54 Å². The average molecular weight is 274 g/mol. The highest BCUT2D eigenvalue weighted by atomic mass is 32.2. The van der Waals surface area contributed by atoms with Crippen LogP contribution in [-0.2, 0) is 0 Å². The molecule has 2 rings (SSSR count). The lowest BCUT2D eigenvalue weighted by Crippen LogP contribution is -2.20. The molecule has 0 aliphatic rings. The van der Waals surface area contributed by atoms with Crippen LogP contribution >= 0.6 is 11.9 Å². The number of benzene rings is 1. The van der Waals surface area contributed by atoms with Crippen molar-refractivity contribution in [3.63, 3.8) is 0 Å². The highest BCUT2D eigenvalue weighted by Gasteiger charge is 2.28. The van der Waals surface area contributed by atoms with Gasteiger partial charge in [-0.15, -0.1) is 0 Å². The van der Waals surface area contributed by atoms with Crippen molar-refractivity contribution < 1.29 is 18.0 Å². The Morgan fingerprint density at radius 2 is 2.06 bits per heavy atom. The Morgan fingerprint density at radius 3 is 2.78 bits per heavy atom. The molecule has 3 nitrogen and oxygen atoms in total. The lowest BCUT2D eigenvalue weighted by molar-refractivity contribution is -0.0335. The lowest BCUT2D eigenvalue weighted by atomic mass is 10.1. The van der Waals surface area contributed by atoms with E-state index in [1.807, 2.05) is 10.8 Å². The molecule has 0 amide bonds. The van der Waals surface area contributed by atoms with Gasteiger partial charge in [0, 0.05) is 34.6 Å². The number of Topliss-reactive ketones (excluding diaryl/α,β-unsaturated/α-hetero) is 1. The Bertz CT molecular complexity index is 565. The predicted octanol–water partition coefficient (Wildman–Crippen LogP) is 3.11. The monoisotopic (exact) mass is 274 g/mol. The number of carbonyl (C=O) groups excluding carboxylic acids is 1. The zero-order valence-corrected chi connectivity index (χ0v) is 9.86. The summed E-state index contributed by atoms with van der Waals surface area (Å²) in [4.78, 5) is 14.6. The van der Waals surface area contributed by atoms with Crippen LogP contribution in [0.3, 0.4) is 0 Å². The molecule has 1 aromatic carbocycles. The molecule has 0 saturated carbocycles. The lowest BCUT2D eigenvalue weighted by Gasteiger charge is -2.05. The van der Waals surface area contributed by atoms with E-state index in [1.165, 1.54) is 6.20 Å². The SMILES string of the molecule is O=C(CNSC(F)(F)F)c1c[nH]c2ccccc12. The van der Waals surface area contributed by atoms with Gasteiger partial charge in [-0.2, -0.15) is 13.2 Å². The minimum absolute atomic E-state index is 0.369. The van der Waals surface area contributed by atoms with Crippen molar-refractivity contribution in [1.29, 1.82) is 0 Å². The molecular formula is C11H9F3N2OS. The number of ketones is 1. The summed E-state index contributed by atoms with van der Waals surface area (Å²) >= 11 is -0.416. The average Bonchev–Trinajstić information content (AvgIpc) is 2.70. The molecule has 2 aromatic rings. The second-order valence-corrected chi connectivity index (χ2v) is 4.50. The van der Waals surface area contributed by atoms with E-state index in [0.29, 0.717) is 10.9 Å². The number of aromatic amines is 1. The van der Waals surface area contributed by atoms with Crippen molar-refractivity contribution in [3.8, 4) is 0 Å². The zero-order valence-electron chi connectivity index (χ0n) is 9.04. The van der Waals surface area contributed by atoms with E-state index >= 15 is 0 Å². The van der Waals surface area contributed by atoms with Gasteiger partial charge in [-0.05, 0) is 6.07 Å². The molecule has 0 unspecified atom stereocenters. The molecule has 2 N–H and O–H groups in total. The van der Waals surface area contributed by atoms with E-state index < -0.39 is 17.5 Å². The number of fused-ring (bicyclic) bond motifs is 1. The fourth-order valence-electron chi connectivity index (χ4n) is 1.58. The van der Waals surface area contributed by atoms with Gasteiger partial charge in [0.2, 0.25) is 0 Å². The van der Waals surface area contributed by atoms with Crippen molar-refractivity contribution in [3.05, 3.63) is 36.0 Å². The molecule has 0 aliphatic carbocycles. The molecule has 0 spiro atoms. The van der Waals surface area contributed by atoms with Crippen LogP contribution in [0.25, 0.3) is 10.9 Å². The molecule has 0 saturated heterocycles. The van der Waals surface area contributed by atoms with Crippen LogP contribution in [0, 0.1) is 0 Å². The molecular weight excluding hydrogens is 265 g/mol. The third kappa shape index (κ3) is 3.05. The van der Waals surface area contributed by atoms with Crippen molar-refractivity contribution in [1.82, 2.24) is 9.71 Å². The molecule has 1 heterocycles. The summed E-state index contributed by atoms with van der Waals surface area (Å²) < 4.78 is 37.7. The first kappa shape index (κ1) is 13.0. The minimum Gasteiger partial charge on any atom is -0.360 e. The van der Waals surface area contributed by atoms with Gasteiger partial charge < -0.3 is 4.98 Å². The van der Waals surface area contributed by atoms with E-state index in [0.717, 1.165) is 5.52 Å². The van der Waals surface area contributed by atoms with Gasteiger partial charge in [0.15, 0.2) is 5.78 Å². The third-order valence-electron chi connectivity index (χ3n) is 2.31. The molecule has 96 valence electrons. The minimum atomic E-state index is -4.39. The number of rotatable bonds is 4. The summed E-state index contributed by atoms with van der Waals surface area (Å²) in [6.45, 7) is -0.369. The molecule has 1 aromatic heterocycles. The Morgan fingerprint density at radius 1 is 1.33 bits per heavy atom. The number of hydrogen-bond acceptors (Lipinski definition) is 3. The summed E-state index contributed by atoms with van der Waals surface area (Å²) in [6, 6.07) is 7.12. The van der Waals surface area contributed by atoms with Crippen molar-refractivity contribution in [2.45, 2.75) is 5.51 Å². The molecule has 0 atom stereocenters. The standard InChI is InChI=1S/C11H9F3N2OS/c12-11(13,14)18-16-6-10(17)8-5-15-9-4-2-1-3-7(8)9/h1-5,15-16H,6H2. The molecule has 18 heavy (non-hydrogen) atoms. The van der Waals surface area contributed by atoms with Gasteiger partial charge in [0.25, 0.3) is 0 Å². The summed E-state index contributed by atoms with van der Waals surface area (Å²) in [5.74, 6) is -0.385. The first-order valence-electron chi connectivity index (χ1n) is 5.04. The number of halogens is 3. The van der Waals surface area contributed by atoms with Gasteiger partial charge in [0.1, 0.15) is 0 Å². The zero-order chi connectivity index (χ0) is 13.2. The van der Waals surface area contributed by atoms with Crippen LogP contribution < -0.4 is 4.72 Å². The highest BCUT2D eigenvalue weighted by molar-refractivity contribution is 7.98. The molecule has 0 aliphatic heterocycles. The van der Waals surface area contributed by atoms with E-state index in [4.69, 9.17) is 0 Å². The Kier molecular flexibility index (Phi) is 3.63. The quantitative estimate of drug-likeness (QED) is 0.665. The number of carbonyl (C=O) groups is 1. The van der Waals surface area contributed by atoms with Crippen molar-refractivity contribution >= 4 is 28.6 Å². The number of hydrogen-bond donors (Lipinski definition) is 2. The summed E-state index contributed by atoms with van der Waals surface area (Å²) in [5, 5.41) is 0.710. The van der Waals surface area contributed by atoms with Crippen LogP contribution in [0.5, 0.6) is 0 Å². The van der Waals surface area contributed by atoms with Gasteiger partial charge in [-0.1, -0.05) is 18.2 Å². The largest absolute Gasteiger partial charge is 0.456 e. The number of aromatic nitrogens is 1. The summed E-state index contributed by atoms with van der Waals surface area (Å²) in [6.07, 6.45) is 1.51. The number of para-hydroxylation sites is 1. The van der Waals surface area contributed by atoms with E-state index in [1.54, 1.807) is 18.2 Å². The fraction of sp³-hybridized carbons (Fsp3) is 0.182. The second kappa shape index (κ2) is 5.03. The maximum Gasteiger partial charge on any atom is 0.456 e. The van der Waals surface area contributed by atoms with Crippen LogP contribution in [0.2, 0.25) is 0 Å². The van der Waals surface area contributed by atoms with E-state index in [-0.39, 0.29) is 12.3 Å². The predicted molar refractivity (Wildman–Crippen MR) is 64.3 cm³/mol. The maximum atomic E-state index is 11.9. The number of nitrogens with one attached hydrogen (secondary N) is 2. The Labute approximate surface area is 105 Å². The van der Waals surface area contributed by atoms with Crippen LogP contribution in [0.1, 0.15) is 10.4 Å². The normalized spacial score (nSPS) is 11.9. The summed E-state index contributed by atoms with van der Waals surface area (Å²) in [7, 11) is 0. The van der Waals surface area contributed by atoms with E-state index in [9.17, 15) is 18.0 Å². The molecule has 7 heteroatoms. The number of alkyl halides is 3. The van der Waals surface area contributed by atoms with Crippen LogP contribution in [0.4, 0.5) is 13.2 Å². The number of H-pyrrole nitrogens is 1. The summed E-state index contributed by atoms with van der Waals surface area (Å²) in [5.41, 5.74) is -3.22. The molecule has 0 bridgehead atoms. The van der Waals surface area contributed by atoms with Crippen LogP contribution in [-0.4, -0.2) is 22.8 Å². The van der Waals surface area contributed by atoms with E-state index in [2.05, 4.69) is 4.98 Å². The van der Waals surface area contributed by atoms with Crippen molar-refractivity contribution in [2.24, 2.45) is 0 Å². The third-order valence-corrected chi connectivity index (χ3v) is 2.83. The van der Waals surface area contributed by atoms with Gasteiger partial charge >= 0.3 is 5.51 Å². The highest BCUT2D eigenvalue weighted by Crippen LogP contribution is 2.27. The maximum absolute atomic E-state index is 11.9. The Hall–Kier alpha value is -1.47. The first-order chi connectivity index (χ1) is 8.47. The first-order valence-corrected chi connectivity index (χ1v) is 5.86. The topological polar surface area (TPSA) is 44.9 Å². The molecule has 0 fully saturated rings. The van der Waals surface area contributed by atoms with Crippen molar-refractivity contribution in [2.75, 3.05) is 6.54 Å². The van der Waals surface area contributed by atoms with Crippen LogP contribution in [0.15, 0.2) is 30.5 Å². The van der Waals surface area contributed by atoms with Gasteiger partial charge in [-0.25, -0.2) is 4.72 Å².